The number of esters is 1. The lowest BCUT2D eigenvalue weighted by molar-refractivity contribution is -0.147. The fourth-order valence-corrected chi connectivity index (χ4v) is 4.05. The van der Waals surface area contributed by atoms with Crippen LogP contribution in [0.4, 0.5) is 8.78 Å². The second kappa shape index (κ2) is 8.74. The van der Waals surface area contributed by atoms with Crippen molar-refractivity contribution in [1.82, 2.24) is 0 Å². The highest BCUT2D eigenvalue weighted by atomic mass is 79.9. The molecule has 2 aliphatic rings. The Morgan fingerprint density at radius 2 is 1.85 bits per heavy atom. The molecule has 0 fully saturated rings. The van der Waals surface area contributed by atoms with E-state index in [1.54, 1.807) is 31.2 Å². The number of halogens is 3. The molecule has 0 saturated heterocycles. The van der Waals surface area contributed by atoms with E-state index in [0.717, 1.165) is 12.1 Å². The second-order valence-electron chi connectivity index (χ2n) is 7.18. The Kier molecular flexibility index (Phi) is 5.99. The first-order chi connectivity index (χ1) is 15.7. The summed E-state index contributed by atoms with van der Waals surface area (Å²) < 4.78 is 45.3. The van der Waals surface area contributed by atoms with Crippen molar-refractivity contribution in [1.29, 1.82) is 0 Å². The summed E-state index contributed by atoms with van der Waals surface area (Å²) in [5.74, 6) is -2.50. The van der Waals surface area contributed by atoms with Gasteiger partial charge in [0.25, 0.3) is 0 Å². The van der Waals surface area contributed by atoms with Gasteiger partial charge in [-0.15, -0.1) is 0 Å². The normalized spacial score (nSPS) is 11.1. The molecule has 0 radical (unpaired) electrons. The lowest BCUT2D eigenvalue weighted by Crippen LogP contribution is -2.11. The Hall–Kier alpha value is -3.59. The van der Waals surface area contributed by atoms with Gasteiger partial charge in [0, 0.05) is 34.6 Å². The van der Waals surface area contributed by atoms with Gasteiger partial charge >= 0.3 is 5.97 Å². The summed E-state index contributed by atoms with van der Waals surface area (Å²) in [4.78, 5) is 34.3. The predicted molar refractivity (Wildman–Crippen MR) is 120 cm³/mol. The maximum Gasteiger partial charge on any atom is 0.305 e. The summed E-state index contributed by atoms with van der Waals surface area (Å²) in [6, 6.07) is 8.59. The van der Waals surface area contributed by atoms with Crippen LogP contribution in [0, 0.1) is 18.6 Å². The van der Waals surface area contributed by atoms with Crippen LogP contribution in [0.2, 0.25) is 0 Å². The van der Waals surface area contributed by atoms with E-state index in [1.165, 1.54) is 6.92 Å². The van der Waals surface area contributed by atoms with Crippen LogP contribution < -0.4 is 10.2 Å². The third-order valence-electron chi connectivity index (χ3n) is 5.09. The highest BCUT2D eigenvalue weighted by Crippen LogP contribution is 2.45. The zero-order valence-electron chi connectivity index (χ0n) is 17.3. The summed E-state index contributed by atoms with van der Waals surface area (Å²) in [5.41, 5.74) is 1.14. The van der Waals surface area contributed by atoms with Crippen LogP contribution in [0.1, 0.15) is 22.8 Å². The quantitative estimate of drug-likeness (QED) is 0.148. The number of fused-ring (bicyclic) bond motifs is 2. The minimum absolute atomic E-state index is 0.0593. The summed E-state index contributed by atoms with van der Waals surface area (Å²) in [6.07, 6.45) is 0.677. The third kappa shape index (κ3) is 4.00. The van der Waals surface area contributed by atoms with Gasteiger partial charge in [-0.25, -0.2) is 8.78 Å². The van der Waals surface area contributed by atoms with Crippen molar-refractivity contribution in [2.75, 3.05) is 6.79 Å². The van der Waals surface area contributed by atoms with Crippen molar-refractivity contribution < 1.29 is 32.3 Å². The Bertz CT molecular complexity index is 1440. The summed E-state index contributed by atoms with van der Waals surface area (Å²) in [7, 11) is 0. The van der Waals surface area contributed by atoms with Crippen molar-refractivity contribution in [3.63, 3.8) is 0 Å². The lowest BCUT2D eigenvalue weighted by Gasteiger charge is -2.19. The molecule has 0 unspecified atom stereocenters. The van der Waals surface area contributed by atoms with Crippen LogP contribution in [-0.2, 0) is 9.53 Å². The van der Waals surface area contributed by atoms with Crippen LogP contribution in [0.15, 0.2) is 50.1 Å². The largest absolute Gasteiger partial charge is 0.454 e. The first-order valence-corrected chi connectivity index (χ1v) is 10.4. The molecule has 1 aliphatic heterocycles. The fourth-order valence-electron chi connectivity index (χ4n) is 3.56. The van der Waals surface area contributed by atoms with E-state index in [2.05, 4.69) is 15.9 Å². The Labute approximate surface area is 194 Å². The number of aryl methyl sites for hydroxylation is 1. The number of aldehydes is 1. The fraction of sp³-hybridized carbons (Fsp3) is 0.125. The molecule has 0 saturated carbocycles. The Morgan fingerprint density at radius 1 is 1.15 bits per heavy atom. The van der Waals surface area contributed by atoms with E-state index in [0.29, 0.717) is 28.4 Å². The monoisotopic (exact) mass is 516 g/mol. The van der Waals surface area contributed by atoms with E-state index in [9.17, 15) is 18.8 Å². The lowest BCUT2D eigenvalue weighted by atomic mass is 9.92. The molecular formula is C24H15BrF2O6. The van der Waals surface area contributed by atoms with Gasteiger partial charge in [-0.3, -0.25) is 14.4 Å². The number of ether oxygens (including phenoxy) is 2. The SMILES string of the molecule is CC(=O)OCOc1c(F)cc2c(-c3ccc(C=O)cc3)c3cc(F)c(=O)c(Br)c-3oc2c1C. The zero-order chi connectivity index (χ0) is 23.9. The molecule has 2 aromatic carbocycles. The number of rotatable bonds is 5. The molecule has 0 bridgehead atoms. The van der Waals surface area contributed by atoms with Gasteiger partial charge in [-0.2, -0.15) is 0 Å². The van der Waals surface area contributed by atoms with E-state index in [4.69, 9.17) is 13.9 Å². The molecule has 33 heavy (non-hydrogen) atoms. The van der Waals surface area contributed by atoms with Gasteiger partial charge in [0.2, 0.25) is 12.2 Å². The van der Waals surface area contributed by atoms with E-state index >= 15 is 4.39 Å². The topological polar surface area (TPSA) is 82.8 Å². The molecule has 0 atom stereocenters. The maximum atomic E-state index is 15.1. The summed E-state index contributed by atoms with van der Waals surface area (Å²) >= 11 is 3.11. The van der Waals surface area contributed by atoms with Gasteiger partial charge in [0.15, 0.2) is 23.1 Å². The molecule has 1 aliphatic carbocycles. The van der Waals surface area contributed by atoms with Crippen molar-refractivity contribution in [2.45, 2.75) is 13.8 Å². The molecule has 0 N–H and O–H groups in total. The highest BCUT2D eigenvalue weighted by Gasteiger charge is 2.26. The van der Waals surface area contributed by atoms with E-state index < -0.39 is 29.8 Å². The Balaban J connectivity index is 2.08. The van der Waals surface area contributed by atoms with Crippen LogP contribution >= 0.6 is 15.9 Å². The molecule has 168 valence electrons. The third-order valence-corrected chi connectivity index (χ3v) is 5.81. The van der Waals surface area contributed by atoms with Gasteiger partial charge in [-0.05, 0) is 40.5 Å². The van der Waals surface area contributed by atoms with Crippen LogP contribution in [0.3, 0.4) is 0 Å². The first kappa shape index (κ1) is 22.6. The minimum atomic E-state index is -1.01. The van der Waals surface area contributed by atoms with Crippen LogP contribution in [-0.4, -0.2) is 19.0 Å². The zero-order valence-corrected chi connectivity index (χ0v) is 18.9. The van der Waals surface area contributed by atoms with Crippen molar-refractivity contribution >= 4 is 39.2 Å². The van der Waals surface area contributed by atoms with Gasteiger partial charge in [-0.1, -0.05) is 24.3 Å². The number of hydrogen-bond acceptors (Lipinski definition) is 6. The molecule has 0 spiro atoms. The molecule has 6 nitrogen and oxygen atoms in total. The molecule has 1 heterocycles. The number of benzene rings is 3. The number of hydrogen-bond donors (Lipinski definition) is 0. The first-order valence-electron chi connectivity index (χ1n) is 9.62. The number of carbonyl (C=O) groups is 2. The molecule has 9 heteroatoms. The number of carbonyl (C=O) groups excluding carboxylic acids is 2. The smallest absolute Gasteiger partial charge is 0.305 e. The van der Waals surface area contributed by atoms with Gasteiger partial charge < -0.3 is 13.9 Å². The molecular weight excluding hydrogens is 502 g/mol. The van der Waals surface area contributed by atoms with Crippen molar-refractivity contribution in [3.8, 4) is 28.2 Å². The predicted octanol–water partition coefficient (Wildman–Crippen LogP) is 5.63. The van der Waals surface area contributed by atoms with E-state index in [1.807, 2.05) is 0 Å². The summed E-state index contributed by atoms with van der Waals surface area (Å²) in [6.45, 7) is 2.22. The van der Waals surface area contributed by atoms with Crippen molar-refractivity contribution in [3.05, 3.63) is 73.9 Å². The average molecular weight is 517 g/mol. The van der Waals surface area contributed by atoms with Crippen molar-refractivity contribution in [2.24, 2.45) is 0 Å². The van der Waals surface area contributed by atoms with Gasteiger partial charge in [0.1, 0.15) is 16.3 Å². The summed E-state index contributed by atoms with van der Waals surface area (Å²) in [5, 5.41) is 0.293. The van der Waals surface area contributed by atoms with Crippen LogP contribution in [0.25, 0.3) is 33.4 Å². The molecule has 4 rings (SSSR count). The molecule has 0 amide bonds. The Morgan fingerprint density at radius 3 is 2.48 bits per heavy atom. The minimum Gasteiger partial charge on any atom is -0.454 e. The standard InChI is InChI=1S/C24H15BrF2O6/c1-11-22-15(8-18(27)23(11)32-10-31-12(2)29)19(14-5-3-13(9-28)4-6-14)16-7-17(26)21(30)20(25)24(16)33-22/h3-9H,10H2,1-2H3. The average Bonchev–Trinajstić information content (AvgIpc) is 2.79. The second-order valence-corrected chi connectivity index (χ2v) is 7.98. The van der Waals surface area contributed by atoms with Crippen LogP contribution in [0.5, 0.6) is 5.75 Å². The molecule has 2 aromatic rings. The highest BCUT2D eigenvalue weighted by molar-refractivity contribution is 9.10. The van der Waals surface area contributed by atoms with E-state index in [-0.39, 0.29) is 32.7 Å². The van der Waals surface area contributed by atoms with Gasteiger partial charge in [0.05, 0.1) is 0 Å². The molecule has 0 aromatic heterocycles. The maximum absolute atomic E-state index is 15.1.